The van der Waals surface area contributed by atoms with E-state index in [0.29, 0.717) is 22.3 Å². The molecule has 0 bridgehead atoms. The fourth-order valence-corrected chi connectivity index (χ4v) is 6.72. The van der Waals surface area contributed by atoms with Crippen molar-refractivity contribution in [3.8, 4) is 33.6 Å². The van der Waals surface area contributed by atoms with Crippen molar-refractivity contribution in [2.24, 2.45) is 0 Å². The van der Waals surface area contributed by atoms with Crippen LogP contribution in [0.1, 0.15) is 13.9 Å². The number of benzene rings is 5. The Morgan fingerprint density at radius 2 is 1.52 bits per heavy atom. The third-order valence-corrected chi connectivity index (χ3v) is 10.3. The average molecular weight is 849 g/mol. The molecule has 3 aromatic heterocycles. The summed E-state index contributed by atoms with van der Waals surface area (Å²) < 4.78 is 37.2. The first-order valence-electron chi connectivity index (χ1n) is 17.2. The summed E-state index contributed by atoms with van der Waals surface area (Å²) in [6, 6.07) is 47.7. The van der Waals surface area contributed by atoms with Crippen LogP contribution < -0.4 is 5.19 Å². The van der Waals surface area contributed by atoms with Crippen molar-refractivity contribution in [1.82, 2.24) is 9.97 Å². The number of hydrogen-bond donors (Lipinski definition) is 0. The summed E-state index contributed by atoms with van der Waals surface area (Å²) in [5, 5.41) is 3.17. The summed E-state index contributed by atoms with van der Waals surface area (Å²) >= 11 is 0. The first-order valence-corrected chi connectivity index (χ1v) is 19.7. The summed E-state index contributed by atoms with van der Waals surface area (Å²) in [7, 11) is -1.38. The molecule has 5 aromatic carbocycles. The maximum atomic E-state index is 13.5. The number of nitrogens with zero attached hydrogens (tertiary/aromatic N) is 2. The van der Waals surface area contributed by atoms with Gasteiger partial charge in [-0.1, -0.05) is 127 Å². The van der Waals surface area contributed by atoms with Crippen molar-refractivity contribution in [3.63, 3.8) is 0 Å². The number of hydrogen-bond acceptors (Lipinski definition) is 3. The van der Waals surface area contributed by atoms with Gasteiger partial charge < -0.3 is 14.4 Å². The van der Waals surface area contributed by atoms with E-state index in [1.807, 2.05) is 115 Å². The molecule has 8 rings (SSSR count). The molecular weight excluding hydrogens is 812 g/mol. The minimum atomic E-state index is -1.65. The Hall–Kier alpha value is -5.00. The van der Waals surface area contributed by atoms with E-state index in [2.05, 4.69) is 47.8 Å². The van der Waals surface area contributed by atoms with Gasteiger partial charge >= 0.3 is 0 Å². The van der Waals surface area contributed by atoms with Crippen LogP contribution in [0.3, 0.4) is 0 Å². The number of fused-ring (bicyclic) bond motifs is 3. The van der Waals surface area contributed by atoms with Gasteiger partial charge in [0.15, 0.2) is 0 Å². The molecule has 0 amide bonds. The quantitative estimate of drug-likeness (QED) is 0.124. The number of rotatable bonds is 6. The minimum Gasteiger partial charge on any atom is -0.500 e. The molecule has 0 saturated heterocycles. The summed E-state index contributed by atoms with van der Waals surface area (Å²) in [6.45, 7) is 6.89. The molecule has 1 radical (unpaired) electrons. The molecule has 0 unspecified atom stereocenters. The molecule has 0 saturated carbocycles. The van der Waals surface area contributed by atoms with Crippen molar-refractivity contribution < 1.29 is 31.7 Å². The zero-order chi connectivity index (χ0) is 35.6. The number of halogens is 1. The van der Waals surface area contributed by atoms with Crippen LogP contribution in [-0.2, 0) is 26.5 Å². The van der Waals surface area contributed by atoms with Gasteiger partial charge in [-0.3, -0.25) is 0 Å². The van der Waals surface area contributed by atoms with Crippen molar-refractivity contribution in [1.29, 1.82) is 0 Å². The van der Waals surface area contributed by atoms with Crippen LogP contribution in [0.5, 0.6) is 0 Å². The minimum absolute atomic E-state index is 0. The second-order valence-electron chi connectivity index (χ2n) is 12.8. The molecule has 0 atom stereocenters. The van der Waals surface area contributed by atoms with E-state index in [4.69, 9.17) is 7.16 Å². The van der Waals surface area contributed by atoms with Gasteiger partial charge in [-0.15, -0.1) is 47.5 Å². The normalized spacial score (nSPS) is 12.0. The van der Waals surface area contributed by atoms with E-state index >= 15 is 0 Å². The van der Waals surface area contributed by atoms with Gasteiger partial charge in [0.25, 0.3) is 0 Å². The summed E-state index contributed by atoms with van der Waals surface area (Å²) in [4.78, 5) is 9.02. The van der Waals surface area contributed by atoms with E-state index in [0.717, 1.165) is 44.4 Å². The zero-order valence-electron chi connectivity index (χ0n) is 29.9. The molecule has 0 aliphatic carbocycles. The van der Waals surface area contributed by atoms with Crippen molar-refractivity contribution in [3.05, 3.63) is 175 Å². The molecule has 0 fully saturated rings. The van der Waals surface area contributed by atoms with Crippen LogP contribution in [0.15, 0.2) is 150 Å². The van der Waals surface area contributed by atoms with Crippen molar-refractivity contribution in [2.45, 2.75) is 26.0 Å². The second-order valence-corrected chi connectivity index (χ2v) is 17.8. The molecule has 0 N–H and O–H groups in total. The predicted octanol–water partition coefficient (Wildman–Crippen LogP) is 10.9. The van der Waals surface area contributed by atoms with Crippen LogP contribution in [0.25, 0.3) is 55.6 Å². The molecule has 50 heavy (non-hydrogen) atoms. The summed E-state index contributed by atoms with van der Waals surface area (Å²) in [6.07, 6.45) is 2.04. The van der Waals surface area contributed by atoms with Crippen LogP contribution >= 0.6 is 0 Å². The van der Waals surface area contributed by atoms with Gasteiger partial charge in [-0.25, -0.2) is 4.39 Å². The van der Waals surface area contributed by atoms with Crippen LogP contribution in [0.2, 0.25) is 19.6 Å². The molecule has 3 nitrogen and oxygen atoms in total. The fourth-order valence-electron chi connectivity index (χ4n) is 5.69. The average Bonchev–Trinajstić information content (AvgIpc) is 3.53. The monoisotopic (exact) mass is 849 g/mol. The molecular formula is C44H35FIrN2OSi-2. The largest absolute Gasteiger partial charge is 0.500 e. The standard InChI is InChI=1S/C24H18N.C20H17FNOSi.Ir/c1-3-9-19(10-4-1)17-22-18-21(24-13-7-8-16-25-24)14-15-23(22)20-11-5-2-6-12-20;1-24(2,3)14-8-10-18(22-12-14)17-6-4-5-16-15-9-7-13(21)11-19(15)23-20(16)17;/h1-13,15-16,18H,17H2;4-5,7-12H,1-3H3;/q2*-1;/i17D2;;. The molecule has 6 heteroatoms. The Morgan fingerprint density at radius 3 is 2.22 bits per heavy atom. The third-order valence-electron chi connectivity index (χ3n) is 8.31. The van der Waals surface area contributed by atoms with Gasteiger partial charge in [0.1, 0.15) is 11.4 Å². The van der Waals surface area contributed by atoms with Gasteiger partial charge in [-0.2, -0.15) is 0 Å². The summed E-state index contributed by atoms with van der Waals surface area (Å²) in [5.41, 5.74) is 7.48. The number of furan rings is 1. The van der Waals surface area contributed by atoms with E-state index in [-0.39, 0.29) is 25.9 Å². The van der Waals surface area contributed by atoms with Crippen molar-refractivity contribution >= 4 is 35.2 Å². The zero-order valence-corrected chi connectivity index (χ0v) is 31.3. The van der Waals surface area contributed by atoms with Gasteiger partial charge in [-0.05, 0) is 46.7 Å². The SMILES string of the molecule is C[Si](C)(C)c1ccc(-c2[c-]ccc3c2oc2cc(F)ccc23)nc1.[2H]C([2H])(c1ccccc1)c1cc(-c2ccccn2)[c-]cc1-c1ccccc1.[Ir]. The van der Waals surface area contributed by atoms with E-state index in [1.165, 1.54) is 17.3 Å². The molecule has 0 aliphatic heterocycles. The molecule has 249 valence electrons. The maximum Gasteiger partial charge on any atom is 0.126 e. The number of aromatic nitrogens is 2. The Morgan fingerprint density at radius 1 is 0.760 bits per heavy atom. The first-order chi connectivity index (χ1) is 24.6. The second kappa shape index (κ2) is 15.3. The number of pyridine rings is 2. The smallest absolute Gasteiger partial charge is 0.126 e. The van der Waals surface area contributed by atoms with Crippen LogP contribution in [0.4, 0.5) is 4.39 Å². The van der Waals surface area contributed by atoms with E-state index in [9.17, 15) is 4.39 Å². The molecule has 8 aromatic rings. The Bertz CT molecular complexity index is 2430. The van der Waals surface area contributed by atoms with Crippen molar-refractivity contribution in [2.75, 3.05) is 0 Å². The topological polar surface area (TPSA) is 38.9 Å². The van der Waals surface area contributed by atoms with Crippen LogP contribution in [-0.4, -0.2) is 18.0 Å². The predicted molar refractivity (Wildman–Crippen MR) is 202 cm³/mol. The Balaban J connectivity index is 0.000000176. The first kappa shape index (κ1) is 32.2. The molecule has 0 aliphatic rings. The molecule has 3 heterocycles. The Labute approximate surface area is 310 Å². The molecule has 0 spiro atoms. The Kier molecular flexibility index (Phi) is 9.83. The van der Waals surface area contributed by atoms with Gasteiger partial charge in [0.05, 0.1) is 13.7 Å². The van der Waals surface area contributed by atoms with Gasteiger partial charge in [0.2, 0.25) is 0 Å². The summed E-state index contributed by atoms with van der Waals surface area (Å²) in [5.74, 6) is -0.301. The van der Waals surface area contributed by atoms with E-state index < -0.39 is 14.4 Å². The van der Waals surface area contributed by atoms with Crippen LogP contribution in [0, 0.1) is 17.9 Å². The maximum absolute atomic E-state index is 13.5. The van der Waals surface area contributed by atoms with Gasteiger partial charge in [0, 0.05) is 46.7 Å². The third kappa shape index (κ3) is 7.74. The van der Waals surface area contributed by atoms with E-state index in [1.54, 1.807) is 12.3 Å². The fraction of sp³-hybridized carbons (Fsp3) is 0.0909.